The summed E-state index contributed by atoms with van der Waals surface area (Å²) < 4.78 is 1.43. The van der Waals surface area contributed by atoms with Crippen molar-refractivity contribution in [3.05, 3.63) is 64.2 Å². The van der Waals surface area contributed by atoms with Crippen molar-refractivity contribution in [2.24, 2.45) is 35.3 Å². The second kappa shape index (κ2) is 10.5. The van der Waals surface area contributed by atoms with Gasteiger partial charge in [-0.25, -0.2) is 0 Å². The predicted molar refractivity (Wildman–Crippen MR) is 149 cm³/mol. The summed E-state index contributed by atoms with van der Waals surface area (Å²) >= 11 is 0. The molecule has 0 radical (unpaired) electrons. The Morgan fingerprint density at radius 2 is 1.84 bits per heavy atom. The molecule has 5 rings (SSSR count). The molecule has 0 spiro atoms. The Morgan fingerprint density at radius 1 is 1.16 bits per heavy atom. The van der Waals surface area contributed by atoms with Crippen molar-refractivity contribution in [3.63, 3.8) is 0 Å². The van der Waals surface area contributed by atoms with Gasteiger partial charge in [-0.05, 0) is 44.0 Å². The number of carbonyl (C=O) groups excluding carboxylic acids is 4. The van der Waals surface area contributed by atoms with Gasteiger partial charge in [-0.1, -0.05) is 19.9 Å². The highest BCUT2D eigenvalue weighted by molar-refractivity contribution is 6.22. The first-order chi connectivity index (χ1) is 20.2. The van der Waals surface area contributed by atoms with Crippen LogP contribution in [0.3, 0.4) is 0 Å². The van der Waals surface area contributed by atoms with Crippen LogP contribution >= 0.6 is 0 Å². The molecule has 1 fully saturated rings. The molecule has 43 heavy (non-hydrogen) atoms. The number of aliphatic hydroxyl groups is 5. The molecule has 4 aliphatic rings. The average molecular weight is 598 g/mol. The number of carbonyl (C=O) groups is 4. The van der Waals surface area contributed by atoms with Gasteiger partial charge in [0.2, 0.25) is 5.91 Å². The lowest BCUT2D eigenvalue weighted by Crippen LogP contribution is -2.68. The quantitative estimate of drug-likeness (QED) is 0.203. The van der Waals surface area contributed by atoms with Gasteiger partial charge >= 0.3 is 0 Å². The van der Waals surface area contributed by atoms with E-state index in [1.165, 1.54) is 29.8 Å². The van der Waals surface area contributed by atoms with E-state index in [4.69, 9.17) is 5.73 Å². The third-order valence-electron chi connectivity index (χ3n) is 9.26. The summed E-state index contributed by atoms with van der Waals surface area (Å²) in [4.78, 5) is 53.5. The molecule has 230 valence electrons. The maximum atomic E-state index is 14.0. The fraction of sp³-hybridized carbons (Fsp3) is 0.483. The largest absolute Gasteiger partial charge is 0.509 e. The van der Waals surface area contributed by atoms with Gasteiger partial charge in [0.05, 0.1) is 35.9 Å². The van der Waals surface area contributed by atoms with Gasteiger partial charge in [0.15, 0.2) is 17.2 Å². The number of nitrogens with two attached hydrogens (primary N) is 1. The molecule has 6 unspecified atom stereocenters. The number of hydrogen-bond donors (Lipinski definition) is 7. The molecule has 14 nitrogen and oxygen atoms in total. The second-order valence-corrected chi connectivity index (χ2v) is 11.8. The zero-order chi connectivity index (χ0) is 31.7. The van der Waals surface area contributed by atoms with Gasteiger partial charge in [0.1, 0.15) is 29.4 Å². The number of fused-ring (bicyclic) bond motifs is 3. The number of nitrogens with one attached hydrogen (secondary N) is 1. The van der Waals surface area contributed by atoms with Gasteiger partial charge in [-0.2, -0.15) is 5.10 Å². The summed E-state index contributed by atoms with van der Waals surface area (Å²) in [6.07, 6.45) is 5.49. The van der Waals surface area contributed by atoms with Crippen molar-refractivity contribution in [2.45, 2.75) is 44.6 Å². The van der Waals surface area contributed by atoms with Crippen molar-refractivity contribution < 1.29 is 44.7 Å². The summed E-state index contributed by atoms with van der Waals surface area (Å²) in [5.41, 5.74) is 1.90. The number of aliphatic hydroxyl groups excluding tert-OH is 4. The standard InChI is InChI=1S/C29H35N5O9/c1-5-12-8-31-34(9-12)10-15(35)32-14-7-6-13-11(2)16-18(23(37)17(13)22(14)36)26(40)29(43)20(24(16)38)21(33(3)4)25(39)19(27(29)41)28(30)42/h6-9,11,13,16-17,20-21,24,36,38,40-41,43H,5,10H2,1-4H3,(H2,30,42)(H,32,35)/t11?,13?,16?,17?,20?,21-,24?,29-/m0/s1. The van der Waals surface area contributed by atoms with Gasteiger partial charge in [-0.15, -0.1) is 0 Å². The molecule has 1 saturated carbocycles. The molecule has 1 heterocycles. The van der Waals surface area contributed by atoms with E-state index in [0.29, 0.717) is 0 Å². The highest BCUT2D eigenvalue weighted by Gasteiger charge is 2.67. The number of aromatic nitrogens is 2. The van der Waals surface area contributed by atoms with Gasteiger partial charge in [0, 0.05) is 17.7 Å². The Morgan fingerprint density at radius 3 is 2.42 bits per heavy atom. The van der Waals surface area contributed by atoms with Crippen LogP contribution in [0.2, 0.25) is 0 Å². The number of rotatable bonds is 6. The lowest BCUT2D eigenvalue weighted by Gasteiger charge is -2.55. The number of allylic oxidation sites excluding steroid dienone is 3. The molecule has 0 saturated heterocycles. The molecular weight excluding hydrogens is 562 g/mol. The van der Waals surface area contributed by atoms with Gasteiger partial charge in [-0.3, -0.25) is 28.8 Å². The average Bonchev–Trinajstić information content (AvgIpc) is 3.39. The predicted octanol–water partition coefficient (Wildman–Crippen LogP) is -0.687. The number of aryl methyl sites for hydroxylation is 1. The van der Waals surface area contributed by atoms with E-state index in [-0.39, 0.29) is 12.2 Å². The van der Waals surface area contributed by atoms with E-state index in [9.17, 15) is 44.7 Å². The minimum atomic E-state index is -2.91. The topological polar surface area (TPSA) is 229 Å². The van der Waals surface area contributed by atoms with E-state index in [1.54, 1.807) is 25.4 Å². The molecule has 0 aliphatic heterocycles. The number of primary amides is 1. The zero-order valence-electron chi connectivity index (χ0n) is 24.1. The van der Waals surface area contributed by atoms with Crippen LogP contribution in [-0.2, 0) is 32.1 Å². The van der Waals surface area contributed by atoms with Gasteiger partial charge < -0.3 is 36.6 Å². The fourth-order valence-corrected chi connectivity index (χ4v) is 7.17. The number of Topliss-reactive ketones (excluding diaryl/α,β-unsaturated/α-hetero) is 2. The first-order valence-corrected chi connectivity index (χ1v) is 13.9. The zero-order valence-corrected chi connectivity index (χ0v) is 24.1. The highest BCUT2D eigenvalue weighted by atomic mass is 16.4. The van der Waals surface area contributed by atoms with Crippen LogP contribution in [0.4, 0.5) is 0 Å². The van der Waals surface area contributed by atoms with Crippen LogP contribution in [0.15, 0.2) is 58.7 Å². The minimum absolute atomic E-state index is 0.0455. The van der Waals surface area contributed by atoms with E-state index in [0.717, 1.165) is 12.0 Å². The maximum Gasteiger partial charge on any atom is 0.255 e. The Bertz CT molecular complexity index is 1550. The molecule has 4 aliphatic carbocycles. The molecule has 1 aromatic heterocycles. The monoisotopic (exact) mass is 597 g/mol. The number of ketones is 2. The molecule has 0 bridgehead atoms. The lowest BCUT2D eigenvalue weighted by molar-refractivity contribution is -0.159. The third-order valence-corrected chi connectivity index (χ3v) is 9.26. The SMILES string of the molecule is CCc1cnn(CC(=O)NC2=C(O)C3C(=O)C4=C(O)[C@]5(O)C(O)=C(C(N)=O)C(=O)[C@@H](N(C)C)C5C(O)C4C(C)C3C=C2)c1. The third kappa shape index (κ3) is 4.31. The maximum absolute atomic E-state index is 14.0. The summed E-state index contributed by atoms with van der Waals surface area (Å²) in [5, 5.41) is 64.0. The van der Waals surface area contributed by atoms with Crippen LogP contribution in [0, 0.1) is 29.6 Å². The first-order valence-electron chi connectivity index (χ1n) is 13.9. The van der Waals surface area contributed by atoms with Crippen molar-refractivity contribution in [2.75, 3.05) is 14.1 Å². The molecule has 2 amide bonds. The molecule has 1 aromatic rings. The molecule has 8 N–H and O–H groups in total. The summed E-state index contributed by atoms with van der Waals surface area (Å²) in [5.74, 6) is -11.9. The Balaban J connectivity index is 1.57. The summed E-state index contributed by atoms with van der Waals surface area (Å²) in [7, 11) is 2.91. The van der Waals surface area contributed by atoms with Crippen molar-refractivity contribution in [3.8, 4) is 0 Å². The number of amides is 2. The second-order valence-electron chi connectivity index (χ2n) is 11.8. The first kappa shape index (κ1) is 30.2. The highest BCUT2D eigenvalue weighted by Crippen LogP contribution is 2.56. The lowest BCUT2D eigenvalue weighted by atomic mass is 9.52. The molecule has 0 aromatic carbocycles. The Kier molecular flexibility index (Phi) is 7.35. The van der Waals surface area contributed by atoms with Crippen LogP contribution < -0.4 is 11.1 Å². The Hall–Kier alpha value is -4.27. The van der Waals surface area contributed by atoms with E-state index in [2.05, 4.69) is 10.4 Å². The van der Waals surface area contributed by atoms with Gasteiger partial charge in [0.25, 0.3) is 5.91 Å². The number of likely N-dealkylation sites (N-methyl/N-ethyl adjacent to an activating group) is 1. The minimum Gasteiger partial charge on any atom is -0.509 e. The molecule has 14 heteroatoms. The van der Waals surface area contributed by atoms with E-state index >= 15 is 0 Å². The van der Waals surface area contributed by atoms with E-state index < -0.39 is 99.1 Å². The Labute approximate surface area is 246 Å². The van der Waals surface area contributed by atoms with E-state index in [1.807, 2.05) is 6.92 Å². The number of hydrogen-bond acceptors (Lipinski definition) is 11. The van der Waals surface area contributed by atoms with Crippen LogP contribution in [0.5, 0.6) is 0 Å². The van der Waals surface area contributed by atoms with Crippen molar-refractivity contribution in [1.82, 2.24) is 20.0 Å². The normalized spacial score (nSPS) is 33.9. The fourth-order valence-electron chi connectivity index (χ4n) is 7.17. The van der Waals surface area contributed by atoms with Crippen LogP contribution in [0.1, 0.15) is 19.4 Å². The number of nitrogens with zero attached hydrogens (tertiary/aromatic N) is 3. The van der Waals surface area contributed by atoms with Crippen LogP contribution in [0.25, 0.3) is 0 Å². The van der Waals surface area contributed by atoms with Crippen molar-refractivity contribution >= 4 is 23.4 Å². The summed E-state index contributed by atoms with van der Waals surface area (Å²) in [6.45, 7) is 3.47. The smallest absolute Gasteiger partial charge is 0.255 e. The summed E-state index contributed by atoms with van der Waals surface area (Å²) in [6, 6.07) is -1.40. The van der Waals surface area contributed by atoms with Crippen molar-refractivity contribution in [1.29, 1.82) is 0 Å². The molecular formula is C29H35N5O9. The molecule has 8 atom stereocenters. The van der Waals surface area contributed by atoms with Crippen LogP contribution in [-0.4, -0.2) is 95.4 Å².